The van der Waals surface area contributed by atoms with Gasteiger partial charge < -0.3 is 15.4 Å². The van der Waals surface area contributed by atoms with Crippen molar-refractivity contribution in [2.45, 2.75) is 148 Å². The van der Waals surface area contributed by atoms with E-state index in [4.69, 9.17) is 19.5 Å². The Hall–Kier alpha value is -1.51. The summed E-state index contributed by atoms with van der Waals surface area (Å²) in [6.45, 7) is 4.28. The summed E-state index contributed by atoms with van der Waals surface area (Å²) in [5, 5.41) is 4.26. The Bertz CT molecular complexity index is 1020. The molecule has 0 aliphatic heterocycles. The molecule has 9 nitrogen and oxygen atoms in total. The highest BCUT2D eigenvalue weighted by molar-refractivity contribution is 7.47. The number of anilines is 1. The van der Waals surface area contributed by atoms with Gasteiger partial charge >= 0.3 is 7.82 Å². The fraction of sp³-hybridized carbons (Fsp3) is 0.812. The van der Waals surface area contributed by atoms with E-state index in [0.717, 1.165) is 30.5 Å². The summed E-state index contributed by atoms with van der Waals surface area (Å²) in [7, 11) is -2.58. The van der Waals surface area contributed by atoms with Gasteiger partial charge in [-0.25, -0.2) is 14.1 Å². The van der Waals surface area contributed by atoms with Gasteiger partial charge in [-0.1, -0.05) is 116 Å². The number of hydrogen-bond donors (Lipinski definition) is 2. The van der Waals surface area contributed by atoms with Crippen molar-refractivity contribution < 1.29 is 23.2 Å². The van der Waals surface area contributed by atoms with E-state index in [1.54, 1.807) is 11.6 Å². The Balaban J connectivity index is 1.45. The van der Waals surface area contributed by atoms with Crippen LogP contribution in [0.1, 0.15) is 142 Å². The van der Waals surface area contributed by atoms with Crippen LogP contribution in [0.4, 0.5) is 5.82 Å². The Morgan fingerprint density at radius 2 is 1.38 bits per heavy atom. The number of nitrogens with two attached hydrogens (primary N) is 1. The largest absolute Gasteiger partial charge is 0.472 e. The third kappa shape index (κ3) is 15.3. The van der Waals surface area contributed by atoms with Gasteiger partial charge in [0, 0.05) is 12.8 Å². The molecular formula is C32H59N4O5P. The number of unbranched alkanes of at least 4 members (excludes halogenated alkanes) is 17. The summed E-state index contributed by atoms with van der Waals surface area (Å²) in [5.74, 6) is 0.419. The number of hydrogen-bond acceptors (Lipinski definition) is 7. The van der Waals surface area contributed by atoms with Gasteiger partial charge in [-0.15, -0.1) is 0 Å². The van der Waals surface area contributed by atoms with Gasteiger partial charge in [0.25, 0.3) is 0 Å². The summed E-state index contributed by atoms with van der Waals surface area (Å²) in [6.07, 6.45) is 26.0. The summed E-state index contributed by atoms with van der Waals surface area (Å²) in [5.41, 5.74) is 6.83. The maximum Gasteiger partial charge on any atom is 0.472 e. The molecule has 42 heavy (non-hydrogen) atoms. The number of phosphoric ester groups is 1. The molecule has 0 saturated carbocycles. The number of methoxy groups -OCH3 is 1. The lowest BCUT2D eigenvalue weighted by Gasteiger charge is -2.28. The smallest absolute Gasteiger partial charge is 0.382 e. The molecule has 0 bridgehead atoms. The quantitative estimate of drug-likeness (QED) is 0.0760. The fourth-order valence-corrected chi connectivity index (χ4v) is 6.13. The SMILES string of the molecule is CCCCCCCCCCCCCCCCCCCCOP(=O)(O)OC[C@](C)(CCc1ccc2c(N)ncnn12)OC. The van der Waals surface area contributed by atoms with Crippen molar-refractivity contribution in [2.75, 3.05) is 26.1 Å². The van der Waals surface area contributed by atoms with E-state index in [0.29, 0.717) is 18.7 Å². The van der Waals surface area contributed by atoms with E-state index < -0.39 is 13.4 Å². The number of aryl methyl sites for hydroxylation is 1. The molecule has 0 aromatic carbocycles. The monoisotopic (exact) mass is 610 g/mol. The van der Waals surface area contributed by atoms with E-state index in [-0.39, 0.29) is 13.2 Å². The lowest BCUT2D eigenvalue weighted by Crippen LogP contribution is -2.33. The number of nitrogens with zero attached hydrogens (tertiary/aromatic N) is 3. The summed E-state index contributed by atoms with van der Waals surface area (Å²) in [6, 6.07) is 3.82. The van der Waals surface area contributed by atoms with Crippen molar-refractivity contribution in [1.82, 2.24) is 14.6 Å². The van der Waals surface area contributed by atoms with E-state index in [2.05, 4.69) is 17.0 Å². The minimum Gasteiger partial charge on any atom is -0.382 e. The van der Waals surface area contributed by atoms with Crippen LogP contribution in [0.3, 0.4) is 0 Å². The van der Waals surface area contributed by atoms with Crippen LogP contribution in [0.2, 0.25) is 0 Å². The number of aromatic nitrogens is 3. The molecule has 0 fully saturated rings. The molecule has 2 rings (SSSR count). The van der Waals surface area contributed by atoms with Crippen molar-refractivity contribution in [3.8, 4) is 0 Å². The van der Waals surface area contributed by atoms with E-state index in [1.807, 2.05) is 19.1 Å². The molecule has 2 atom stereocenters. The van der Waals surface area contributed by atoms with Crippen LogP contribution in [-0.2, 0) is 24.8 Å². The van der Waals surface area contributed by atoms with Crippen LogP contribution in [0.5, 0.6) is 0 Å². The zero-order valence-corrected chi connectivity index (χ0v) is 27.6. The summed E-state index contributed by atoms with van der Waals surface area (Å²) in [4.78, 5) is 14.2. The zero-order chi connectivity index (χ0) is 30.5. The van der Waals surface area contributed by atoms with Crippen molar-refractivity contribution in [2.24, 2.45) is 0 Å². The predicted molar refractivity (Wildman–Crippen MR) is 172 cm³/mol. The molecule has 3 N–H and O–H groups in total. The Labute approximate surface area is 254 Å². The molecular weight excluding hydrogens is 551 g/mol. The van der Waals surface area contributed by atoms with Crippen LogP contribution in [0.25, 0.3) is 5.52 Å². The standard InChI is InChI=1S/C32H59N4O5P/c1-4-5-6-7-8-9-10-11-12-13-14-15-16-17-18-19-20-21-26-40-42(37,38)41-27-32(2,39-3)25-24-29-22-23-30-31(33)34-28-35-36(29)30/h22-23,28H,4-21,24-27H2,1-3H3,(H,37,38)(H2,33,34,35)/t32-/m0/s1. The van der Waals surface area contributed by atoms with Gasteiger partial charge in [0.2, 0.25) is 0 Å². The maximum absolute atomic E-state index is 12.4. The molecule has 0 aliphatic rings. The van der Waals surface area contributed by atoms with Gasteiger partial charge in [-0.3, -0.25) is 9.05 Å². The molecule has 2 heterocycles. The molecule has 0 radical (unpaired) electrons. The highest BCUT2D eigenvalue weighted by Crippen LogP contribution is 2.44. The maximum atomic E-state index is 12.4. The van der Waals surface area contributed by atoms with Gasteiger partial charge in [0.05, 0.1) is 18.8 Å². The van der Waals surface area contributed by atoms with E-state index in [9.17, 15) is 9.46 Å². The lowest BCUT2D eigenvalue weighted by atomic mass is 10.00. The first-order valence-electron chi connectivity index (χ1n) is 16.5. The van der Waals surface area contributed by atoms with Crippen LogP contribution in [0.15, 0.2) is 18.5 Å². The fourth-order valence-electron chi connectivity index (χ4n) is 5.26. The predicted octanol–water partition coefficient (Wildman–Crippen LogP) is 8.82. The van der Waals surface area contributed by atoms with Gasteiger partial charge in [0.15, 0.2) is 5.82 Å². The molecule has 2 aromatic heterocycles. The molecule has 1 unspecified atom stereocenters. The third-order valence-electron chi connectivity index (χ3n) is 8.25. The van der Waals surface area contributed by atoms with Crippen molar-refractivity contribution in [1.29, 1.82) is 0 Å². The Kier molecular flexibility index (Phi) is 18.5. The molecule has 0 aliphatic carbocycles. The second kappa shape index (κ2) is 21.2. The van der Waals surface area contributed by atoms with Gasteiger partial charge in [-0.2, -0.15) is 5.10 Å². The van der Waals surface area contributed by atoms with Crippen LogP contribution >= 0.6 is 7.82 Å². The lowest BCUT2D eigenvalue weighted by molar-refractivity contribution is -0.0442. The second-order valence-electron chi connectivity index (χ2n) is 12.0. The van der Waals surface area contributed by atoms with E-state index in [1.165, 1.54) is 103 Å². The Morgan fingerprint density at radius 1 is 0.857 bits per heavy atom. The first-order valence-corrected chi connectivity index (χ1v) is 18.0. The van der Waals surface area contributed by atoms with Gasteiger partial charge in [-0.05, 0) is 38.3 Å². The first kappa shape index (κ1) is 36.7. The number of rotatable bonds is 27. The minimum atomic E-state index is -4.15. The summed E-state index contributed by atoms with van der Waals surface area (Å²) < 4.78 is 30.3. The number of nitrogen functional groups attached to an aromatic ring is 1. The summed E-state index contributed by atoms with van der Waals surface area (Å²) >= 11 is 0. The average Bonchev–Trinajstić information content (AvgIpc) is 3.41. The zero-order valence-electron chi connectivity index (χ0n) is 26.7. The normalized spacial score (nSPS) is 14.8. The van der Waals surface area contributed by atoms with Gasteiger partial charge in [0.1, 0.15) is 11.8 Å². The van der Waals surface area contributed by atoms with Crippen molar-refractivity contribution in [3.63, 3.8) is 0 Å². The molecule has 10 heteroatoms. The Morgan fingerprint density at radius 3 is 1.90 bits per heavy atom. The molecule has 0 saturated heterocycles. The van der Waals surface area contributed by atoms with E-state index >= 15 is 0 Å². The van der Waals surface area contributed by atoms with Crippen LogP contribution in [-0.4, -0.2) is 45.4 Å². The molecule has 0 spiro atoms. The number of fused-ring (bicyclic) bond motifs is 1. The number of ether oxygens (including phenoxy) is 1. The van der Waals surface area contributed by atoms with Crippen LogP contribution < -0.4 is 5.73 Å². The highest BCUT2D eigenvalue weighted by Gasteiger charge is 2.30. The van der Waals surface area contributed by atoms with Crippen LogP contribution in [0, 0.1) is 0 Å². The van der Waals surface area contributed by atoms with Crippen molar-refractivity contribution in [3.05, 3.63) is 24.2 Å². The highest BCUT2D eigenvalue weighted by atomic mass is 31.2. The topological polar surface area (TPSA) is 121 Å². The average molecular weight is 611 g/mol. The van der Waals surface area contributed by atoms with Crippen molar-refractivity contribution >= 4 is 19.2 Å². The first-order chi connectivity index (χ1) is 20.3. The molecule has 242 valence electrons. The second-order valence-corrected chi connectivity index (χ2v) is 13.5. The number of phosphoric acid groups is 1. The molecule has 0 amide bonds. The minimum absolute atomic E-state index is 0.0587. The molecule has 2 aromatic rings. The third-order valence-corrected chi connectivity index (χ3v) is 9.21.